The molecule has 1 unspecified atom stereocenters. The predicted octanol–water partition coefficient (Wildman–Crippen LogP) is 0.657. The molecule has 3 rings (SSSR count). The molecule has 1 aliphatic rings. The van der Waals surface area contributed by atoms with Gasteiger partial charge in [-0.05, 0) is 24.5 Å². The molecule has 4 N–H and O–H groups in total. The van der Waals surface area contributed by atoms with Gasteiger partial charge in [0.25, 0.3) is 0 Å². The number of nitrogens with zero attached hydrogens (tertiary/aromatic N) is 1. The quantitative estimate of drug-likeness (QED) is 0.728. The van der Waals surface area contributed by atoms with Crippen molar-refractivity contribution in [1.29, 1.82) is 0 Å². The molecule has 0 amide bonds. The van der Waals surface area contributed by atoms with E-state index in [2.05, 4.69) is 4.98 Å². The van der Waals surface area contributed by atoms with Gasteiger partial charge >= 0.3 is 5.69 Å². The van der Waals surface area contributed by atoms with Gasteiger partial charge in [-0.25, -0.2) is 4.79 Å². The lowest BCUT2D eigenvalue weighted by atomic mass is 10.1. The summed E-state index contributed by atoms with van der Waals surface area (Å²) in [5, 5.41) is 9.18. The molecule has 2 aromatic rings. The third-order valence-corrected chi connectivity index (χ3v) is 3.28. The fourth-order valence-corrected chi connectivity index (χ4v) is 2.29. The van der Waals surface area contributed by atoms with E-state index in [1.54, 1.807) is 4.57 Å². The molecular weight excluding hydrogens is 218 g/mol. The zero-order chi connectivity index (χ0) is 12.0. The van der Waals surface area contributed by atoms with E-state index in [0.717, 1.165) is 29.4 Å². The number of nitrogens with one attached hydrogen (secondary N) is 1. The number of aliphatic hydroxyl groups is 1. The molecule has 1 heterocycles. The van der Waals surface area contributed by atoms with Crippen LogP contribution in [0.5, 0.6) is 0 Å². The Balaban J connectivity index is 2.31. The van der Waals surface area contributed by atoms with Gasteiger partial charge < -0.3 is 15.8 Å². The highest BCUT2D eigenvalue weighted by molar-refractivity contribution is 5.80. The van der Waals surface area contributed by atoms with Gasteiger partial charge in [0.05, 0.1) is 23.7 Å². The summed E-state index contributed by atoms with van der Waals surface area (Å²) in [7, 11) is 0. The van der Waals surface area contributed by atoms with Crippen LogP contribution < -0.4 is 11.4 Å². The maximum atomic E-state index is 11.9. The monoisotopic (exact) mass is 233 g/mol. The molecule has 1 fully saturated rings. The fraction of sp³-hybridized carbons (Fsp3) is 0.417. The van der Waals surface area contributed by atoms with Crippen LogP contribution in [0.2, 0.25) is 0 Å². The third-order valence-electron chi connectivity index (χ3n) is 3.28. The summed E-state index contributed by atoms with van der Waals surface area (Å²) in [5.41, 5.74) is 8.27. The average molecular weight is 233 g/mol. The molecule has 1 aliphatic carbocycles. The summed E-state index contributed by atoms with van der Waals surface area (Å²) in [5.74, 6) is 0. The number of aliphatic hydroxyl groups excluding tert-OH is 1. The Hall–Kier alpha value is -1.59. The van der Waals surface area contributed by atoms with Crippen molar-refractivity contribution in [2.75, 3.05) is 6.61 Å². The van der Waals surface area contributed by atoms with Crippen molar-refractivity contribution in [3.63, 3.8) is 0 Å². The van der Waals surface area contributed by atoms with Crippen molar-refractivity contribution >= 4 is 11.0 Å². The van der Waals surface area contributed by atoms with Gasteiger partial charge in [-0.2, -0.15) is 0 Å². The highest BCUT2D eigenvalue weighted by Gasteiger charge is 2.28. The number of aromatic amines is 1. The van der Waals surface area contributed by atoms with Crippen molar-refractivity contribution in [3.8, 4) is 0 Å². The van der Waals surface area contributed by atoms with E-state index in [9.17, 15) is 9.90 Å². The van der Waals surface area contributed by atoms with Crippen molar-refractivity contribution in [2.45, 2.75) is 24.9 Å². The summed E-state index contributed by atoms with van der Waals surface area (Å²) >= 11 is 0. The molecule has 0 aliphatic heterocycles. The molecule has 0 radical (unpaired) electrons. The number of hydrogen-bond acceptors (Lipinski definition) is 3. The maximum absolute atomic E-state index is 11.9. The van der Waals surface area contributed by atoms with Crippen LogP contribution in [0.15, 0.2) is 23.0 Å². The first-order valence-electron chi connectivity index (χ1n) is 5.82. The van der Waals surface area contributed by atoms with Crippen LogP contribution in [0.25, 0.3) is 11.0 Å². The number of imidazole rings is 1. The number of aromatic nitrogens is 2. The first-order valence-corrected chi connectivity index (χ1v) is 5.82. The first-order chi connectivity index (χ1) is 8.22. The van der Waals surface area contributed by atoms with Crippen LogP contribution in [0, 0.1) is 0 Å². The summed E-state index contributed by atoms with van der Waals surface area (Å²) in [6.45, 7) is -0.122. The maximum Gasteiger partial charge on any atom is 0.326 e. The summed E-state index contributed by atoms with van der Waals surface area (Å²) in [6, 6.07) is 5.43. The Morgan fingerprint density at radius 1 is 1.53 bits per heavy atom. The Labute approximate surface area is 97.9 Å². The molecule has 90 valence electrons. The van der Waals surface area contributed by atoms with Gasteiger partial charge in [0.2, 0.25) is 0 Å². The molecular formula is C12H15N3O2. The first kappa shape index (κ1) is 10.6. The van der Waals surface area contributed by atoms with E-state index in [0.29, 0.717) is 6.04 Å². The minimum atomic E-state index is -0.445. The Morgan fingerprint density at radius 3 is 2.94 bits per heavy atom. The molecule has 1 atom stereocenters. The Morgan fingerprint density at radius 2 is 2.29 bits per heavy atom. The lowest BCUT2D eigenvalue weighted by molar-refractivity contribution is 0.268. The van der Waals surface area contributed by atoms with Crippen LogP contribution in [-0.2, 0) is 0 Å². The second-order valence-corrected chi connectivity index (χ2v) is 4.56. The molecule has 0 saturated heterocycles. The van der Waals surface area contributed by atoms with E-state index in [-0.39, 0.29) is 12.3 Å². The fourth-order valence-electron chi connectivity index (χ4n) is 2.29. The standard InChI is InChI=1S/C12H15N3O2/c13-9(6-16)8-2-1-3-10-11(8)15(7-4-5-7)12(17)14-10/h1-3,7,9,16H,4-6,13H2,(H,14,17). The SMILES string of the molecule is NC(CO)c1cccc2[nH]c(=O)n(C3CC3)c12. The highest BCUT2D eigenvalue weighted by atomic mass is 16.3. The van der Waals surface area contributed by atoms with E-state index in [1.165, 1.54) is 0 Å². The summed E-state index contributed by atoms with van der Waals surface area (Å²) in [6.07, 6.45) is 2.07. The number of fused-ring (bicyclic) bond motifs is 1. The minimum absolute atomic E-state index is 0.0833. The molecule has 0 spiro atoms. The summed E-state index contributed by atoms with van der Waals surface area (Å²) in [4.78, 5) is 14.7. The van der Waals surface area contributed by atoms with Gasteiger partial charge in [-0.1, -0.05) is 12.1 Å². The molecule has 1 aromatic carbocycles. The number of benzene rings is 1. The van der Waals surface area contributed by atoms with Crippen molar-refractivity contribution in [1.82, 2.24) is 9.55 Å². The number of para-hydroxylation sites is 1. The molecule has 1 aromatic heterocycles. The number of rotatable bonds is 3. The zero-order valence-corrected chi connectivity index (χ0v) is 9.39. The van der Waals surface area contributed by atoms with Crippen LogP contribution in [0.1, 0.15) is 30.5 Å². The largest absolute Gasteiger partial charge is 0.394 e. The Kier molecular flexibility index (Phi) is 2.31. The third kappa shape index (κ3) is 1.59. The Bertz CT molecular complexity index is 610. The smallest absolute Gasteiger partial charge is 0.326 e. The lowest BCUT2D eigenvalue weighted by Crippen LogP contribution is -2.19. The van der Waals surface area contributed by atoms with Crippen LogP contribution in [-0.4, -0.2) is 21.3 Å². The number of hydrogen-bond donors (Lipinski definition) is 3. The van der Waals surface area contributed by atoms with E-state index in [1.807, 2.05) is 18.2 Å². The molecule has 5 nitrogen and oxygen atoms in total. The topological polar surface area (TPSA) is 84.0 Å². The molecule has 0 bridgehead atoms. The van der Waals surface area contributed by atoms with Crippen molar-refractivity contribution < 1.29 is 5.11 Å². The minimum Gasteiger partial charge on any atom is -0.394 e. The van der Waals surface area contributed by atoms with E-state index in [4.69, 9.17) is 5.73 Å². The van der Waals surface area contributed by atoms with Gasteiger partial charge in [0.1, 0.15) is 0 Å². The van der Waals surface area contributed by atoms with Crippen molar-refractivity contribution in [3.05, 3.63) is 34.2 Å². The van der Waals surface area contributed by atoms with Crippen LogP contribution in [0.4, 0.5) is 0 Å². The predicted molar refractivity (Wildman–Crippen MR) is 64.8 cm³/mol. The zero-order valence-electron chi connectivity index (χ0n) is 9.39. The van der Waals surface area contributed by atoms with Gasteiger partial charge in [-0.3, -0.25) is 4.57 Å². The summed E-state index contributed by atoms with van der Waals surface area (Å²) < 4.78 is 1.78. The molecule has 1 saturated carbocycles. The van der Waals surface area contributed by atoms with Gasteiger partial charge in [-0.15, -0.1) is 0 Å². The number of H-pyrrole nitrogens is 1. The second-order valence-electron chi connectivity index (χ2n) is 4.56. The highest BCUT2D eigenvalue weighted by Crippen LogP contribution is 2.37. The normalized spacial score (nSPS) is 17.5. The van der Waals surface area contributed by atoms with E-state index >= 15 is 0 Å². The van der Waals surface area contributed by atoms with E-state index < -0.39 is 6.04 Å². The number of nitrogens with two attached hydrogens (primary N) is 1. The molecule has 17 heavy (non-hydrogen) atoms. The van der Waals surface area contributed by atoms with Crippen molar-refractivity contribution in [2.24, 2.45) is 5.73 Å². The van der Waals surface area contributed by atoms with Crippen LogP contribution >= 0.6 is 0 Å². The lowest BCUT2D eigenvalue weighted by Gasteiger charge is -2.12. The average Bonchev–Trinajstić information content (AvgIpc) is 3.10. The second kappa shape index (κ2) is 3.72. The molecule has 5 heteroatoms. The van der Waals surface area contributed by atoms with Gasteiger partial charge in [0.15, 0.2) is 0 Å². The van der Waals surface area contributed by atoms with Gasteiger partial charge in [0, 0.05) is 6.04 Å². The van der Waals surface area contributed by atoms with Crippen LogP contribution in [0.3, 0.4) is 0 Å².